The molecule has 0 saturated heterocycles. The van der Waals surface area contributed by atoms with Crippen LogP contribution in [0.15, 0.2) is 70.4 Å². The maximum atomic E-state index is 12.6. The molecule has 0 fully saturated rings. The number of aliphatic imine (C=N–C) groups is 1. The Morgan fingerprint density at radius 2 is 1.97 bits per heavy atom. The quantitative estimate of drug-likeness (QED) is 0.539. The third kappa shape index (κ3) is 3.83. The van der Waals surface area contributed by atoms with Gasteiger partial charge in [-0.3, -0.25) is 10.2 Å². The number of hydrogen-bond donors (Lipinski definition) is 1. The SMILES string of the molecule is CC1=NN2C(=N)/C(=C/c3cn(CCOc4ccc(Cl)cc4)c4ccccc34)C(=O)N=C2S1. The molecule has 1 amide bonds. The highest BCUT2D eigenvalue weighted by molar-refractivity contribution is 8.26. The number of fused-ring (bicyclic) bond motifs is 2. The number of hydrogen-bond acceptors (Lipinski definition) is 5. The molecule has 9 heteroatoms. The van der Waals surface area contributed by atoms with E-state index in [4.69, 9.17) is 21.7 Å². The number of ether oxygens (including phenoxy) is 1. The minimum atomic E-state index is -0.429. The number of carbonyl (C=O) groups excluding carboxylic acids is 1. The van der Waals surface area contributed by atoms with E-state index in [1.54, 1.807) is 18.2 Å². The molecule has 1 aromatic heterocycles. The molecular weight excluding hydrogens is 446 g/mol. The molecule has 2 aromatic carbocycles. The summed E-state index contributed by atoms with van der Waals surface area (Å²) in [7, 11) is 0. The number of thioether (sulfide) groups is 1. The second-order valence-corrected chi connectivity index (χ2v) is 8.83. The van der Waals surface area contributed by atoms with Gasteiger partial charge in [-0.1, -0.05) is 29.8 Å². The smallest absolute Gasteiger partial charge is 0.283 e. The predicted octanol–water partition coefficient (Wildman–Crippen LogP) is 5.01. The first kappa shape index (κ1) is 20.5. The molecule has 3 heterocycles. The second-order valence-electron chi connectivity index (χ2n) is 7.24. The summed E-state index contributed by atoms with van der Waals surface area (Å²) >= 11 is 7.22. The lowest BCUT2D eigenvalue weighted by atomic mass is 10.1. The fourth-order valence-corrected chi connectivity index (χ4v) is 4.47. The van der Waals surface area contributed by atoms with Gasteiger partial charge >= 0.3 is 0 Å². The summed E-state index contributed by atoms with van der Waals surface area (Å²) in [6, 6.07) is 15.2. The molecule has 7 nitrogen and oxygen atoms in total. The summed E-state index contributed by atoms with van der Waals surface area (Å²) in [5.41, 5.74) is 2.07. The Morgan fingerprint density at radius 3 is 2.78 bits per heavy atom. The van der Waals surface area contributed by atoms with E-state index in [0.717, 1.165) is 27.3 Å². The Hall–Kier alpha value is -3.36. The lowest BCUT2D eigenvalue weighted by Gasteiger charge is -2.20. The molecule has 0 atom stereocenters. The van der Waals surface area contributed by atoms with Gasteiger partial charge in [-0.15, -0.1) is 0 Å². The van der Waals surface area contributed by atoms with Crippen LogP contribution in [-0.4, -0.2) is 38.1 Å². The van der Waals surface area contributed by atoms with Crippen molar-refractivity contribution in [1.82, 2.24) is 9.58 Å². The van der Waals surface area contributed by atoms with E-state index in [1.165, 1.54) is 16.8 Å². The van der Waals surface area contributed by atoms with Gasteiger partial charge in [0, 0.05) is 27.7 Å². The van der Waals surface area contributed by atoms with Crippen LogP contribution in [-0.2, 0) is 11.3 Å². The number of benzene rings is 2. The molecule has 5 rings (SSSR count). The van der Waals surface area contributed by atoms with E-state index in [0.29, 0.717) is 23.3 Å². The molecule has 0 unspecified atom stereocenters. The van der Waals surface area contributed by atoms with Crippen LogP contribution in [0, 0.1) is 5.41 Å². The number of amidine groups is 2. The van der Waals surface area contributed by atoms with Crippen molar-refractivity contribution in [1.29, 1.82) is 5.41 Å². The van der Waals surface area contributed by atoms with Crippen LogP contribution in [0.5, 0.6) is 5.75 Å². The van der Waals surface area contributed by atoms with Crippen LogP contribution >= 0.6 is 23.4 Å². The first-order valence-corrected chi connectivity index (χ1v) is 11.1. The maximum Gasteiger partial charge on any atom is 0.283 e. The van der Waals surface area contributed by atoms with Crippen molar-refractivity contribution in [3.8, 4) is 5.75 Å². The largest absolute Gasteiger partial charge is 0.492 e. The van der Waals surface area contributed by atoms with Crippen molar-refractivity contribution >= 4 is 62.3 Å². The van der Waals surface area contributed by atoms with Crippen molar-refractivity contribution in [2.24, 2.45) is 10.1 Å². The van der Waals surface area contributed by atoms with E-state index < -0.39 is 5.91 Å². The molecule has 2 aliphatic heterocycles. The molecule has 3 aromatic rings. The van der Waals surface area contributed by atoms with Crippen molar-refractivity contribution in [2.45, 2.75) is 13.5 Å². The van der Waals surface area contributed by atoms with E-state index in [1.807, 2.05) is 49.5 Å². The number of rotatable bonds is 5. The number of carbonyl (C=O) groups is 1. The number of para-hydroxylation sites is 1. The molecule has 1 N–H and O–H groups in total. The summed E-state index contributed by atoms with van der Waals surface area (Å²) < 4.78 is 7.92. The van der Waals surface area contributed by atoms with Crippen LogP contribution in [0.4, 0.5) is 0 Å². The van der Waals surface area contributed by atoms with Gasteiger partial charge in [0.05, 0.1) is 17.2 Å². The van der Waals surface area contributed by atoms with Crippen LogP contribution in [0.1, 0.15) is 12.5 Å². The van der Waals surface area contributed by atoms with Crippen LogP contribution in [0.3, 0.4) is 0 Å². The van der Waals surface area contributed by atoms with Gasteiger partial charge in [0.15, 0.2) is 5.84 Å². The van der Waals surface area contributed by atoms with Gasteiger partial charge in [-0.2, -0.15) is 15.1 Å². The highest BCUT2D eigenvalue weighted by Crippen LogP contribution is 2.30. The molecule has 2 aliphatic rings. The Bertz CT molecular complexity index is 1340. The third-order valence-corrected chi connectivity index (χ3v) is 6.17. The standard InChI is InChI=1S/C23H18ClN5O2S/c1-14-27-29-21(25)19(22(30)26-23(29)32-14)12-15-13-28(20-5-3-2-4-18(15)20)10-11-31-17-8-6-16(24)7-9-17/h2-9,12-13,25H,10-11H2,1H3/b19-12-,25-21?. The summed E-state index contributed by atoms with van der Waals surface area (Å²) in [6.07, 6.45) is 3.69. The first-order chi connectivity index (χ1) is 15.5. The monoisotopic (exact) mass is 463 g/mol. The van der Waals surface area contributed by atoms with E-state index in [2.05, 4.69) is 14.7 Å². The van der Waals surface area contributed by atoms with Crippen LogP contribution in [0.25, 0.3) is 17.0 Å². The van der Waals surface area contributed by atoms with Gasteiger partial charge in [0.2, 0.25) is 5.17 Å². The fourth-order valence-electron chi connectivity index (χ4n) is 3.61. The lowest BCUT2D eigenvalue weighted by molar-refractivity contribution is -0.114. The molecule has 0 aliphatic carbocycles. The zero-order valence-corrected chi connectivity index (χ0v) is 18.7. The molecule has 0 bridgehead atoms. The Balaban J connectivity index is 1.43. The second kappa shape index (κ2) is 8.29. The highest BCUT2D eigenvalue weighted by atomic mass is 35.5. The van der Waals surface area contributed by atoms with Crippen molar-refractivity contribution in [3.05, 3.63) is 70.9 Å². The summed E-state index contributed by atoms with van der Waals surface area (Å²) in [6.45, 7) is 2.91. The maximum absolute atomic E-state index is 12.6. The fraction of sp³-hybridized carbons (Fsp3) is 0.130. The molecule has 0 saturated carbocycles. The highest BCUT2D eigenvalue weighted by Gasteiger charge is 2.34. The molecule has 160 valence electrons. The summed E-state index contributed by atoms with van der Waals surface area (Å²) in [4.78, 5) is 16.7. The number of hydrazone groups is 1. The zero-order valence-electron chi connectivity index (χ0n) is 17.1. The van der Waals surface area contributed by atoms with Gasteiger partial charge < -0.3 is 9.30 Å². The summed E-state index contributed by atoms with van der Waals surface area (Å²) in [5.74, 6) is 0.358. The van der Waals surface area contributed by atoms with Gasteiger partial charge in [0.1, 0.15) is 12.4 Å². The Morgan fingerprint density at radius 1 is 1.19 bits per heavy atom. The molecular formula is C23H18ClN5O2S. The predicted molar refractivity (Wildman–Crippen MR) is 130 cm³/mol. The topological polar surface area (TPSA) is 83.0 Å². The Kier molecular flexibility index (Phi) is 5.32. The minimum Gasteiger partial charge on any atom is -0.492 e. The Labute approximate surface area is 193 Å². The van der Waals surface area contributed by atoms with Crippen LogP contribution < -0.4 is 4.74 Å². The first-order valence-electron chi connectivity index (χ1n) is 9.92. The number of halogens is 1. The minimum absolute atomic E-state index is 0.0345. The van der Waals surface area contributed by atoms with Crippen LogP contribution in [0.2, 0.25) is 5.02 Å². The number of nitrogens with one attached hydrogen (secondary N) is 1. The zero-order chi connectivity index (χ0) is 22.2. The van der Waals surface area contributed by atoms with E-state index in [9.17, 15) is 4.79 Å². The van der Waals surface area contributed by atoms with Gasteiger partial charge in [0.25, 0.3) is 5.91 Å². The summed E-state index contributed by atoms with van der Waals surface area (Å²) in [5, 5.41) is 17.0. The van der Waals surface area contributed by atoms with Crippen molar-refractivity contribution in [3.63, 3.8) is 0 Å². The average Bonchev–Trinajstić information content (AvgIpc) is 3.33. The van der Waals surface area contributed by atoms with E-state index >= 15 is 0 Å². The number of nitrogens with zero attached hydrogens (tertiary/aromatic N) is 4. The molecule has 32 heavy (non-hydrogen) atoms. The average molecular weight is 464 g/mol. The van der Waals surface area contributed by atoms with Gasteiger partial charge in [-0.05, 0) is 55.1 Å². The van der Waals surface area contributed by atoms with Gasteiger partial charge in [-0.25, -0.2) is 0 Å². The third-order valence-electron chi connectivity index (χ3n) is 5.09. The molecule has 0 spiro atoms. The lowest BCUT2D eigenvalue weighted by Crippen LogP contribution is -2.35. The number of amides is 1. The van der Waals surface area contributed by atoms with E-state index in [-0.39, 0.29) is 11.4 Å². The normalized spacial score (nSPS) is 17.1. The van der Waals surface area contributed by atoms with Crippen molar-refractivity contribution < 1.29 is 9.53 Å². The molecule has 0 radical (unpaired) electrons. The number of aromatic nitrogens is 1. The van der Waals surface area contributed by atoms with Crippen molar-refractivity contribution in [2.75, 3.05) is 6.61 Å².